The third-order valence-electron chi connectivity index (χ3n) is 4.09. The van der Waals surface area contributed by atoms with Gasteiger partial charge in [0, 0.05) is 33.4 Å². The number of likely N-dealkylation sites (tertiary alicyclic amines) is 1. The summed E-state index contributed by atoms with van der Waals surface area (Å²) in [6.45, 7) is 1.04. The van der Waals surface area contributed by atoms with Crippen molar-refractivity contribution in [2.45, 2.75) is 18.4 Å². The van der Waals surface area contributed by atoms with Crippen molar-refractivity contribution >= 4 is 17.5 Å². The maximum atomic E-state index is 12.8. The Balaban J connectivity index is 2.26. The Morgan fingerprint density at radius 1 is 1.30 bits per heavy atom. The summed E-state index contributed by atoms with van der Waals surface area (Å²) >= 11 is 0. The van der Waals surface area contributed by atoms with Crippen LogP contribution in [0.4, 0.5) is 5.69 Å². The Hall–Kier alpha value is -2.08. The SMILES string of the molecule is COCC(=O)N1CCCC(Nc2ccccc2)(C(=O)N(C)C)C1. The normalized spacial score (nSPS) is 20.9. The molecule has 2 rings (SSSR count). The number of carbonyl (C=O) groups is 2. The molecule has 1 atom stereocenters. The minimum absolute atomic E-state index is 0.0173. The first-order valence-electron chi connectivity index (χ1n) is 7.80. The number of hydrogen-bond donors (Lipinski definition) is 1. The molecule has 23 heavy (non-hydrogen) atoms. The van der Waals surface area contributed by atoms with Crippen LogP contribution in [0.5, 0.6) is 0 Å². The van der Waals surface area contributed by atoms with E-state index < -0.39 is 5.54 Å². The van der Waals surface area contributed by atoms with Gasteiger partial charge in [0.25, 0.3) is 0 Å². The molecular weight excluding hydrogens is 294 g/mol. The Morgan fingerprint density at radius 3 is 2.61 bits per heavy atom. The van der Waals surface area contributed by atoms with Crippen molar-refractivity contribution in [3.63, 3.8) is 0 Å². The predicted octanol–water partition coefficient (Wildman–Crippen LogP) is 1.19. The van der Waals surface area contributed by atoms with E-state index in [9.17, 15) is 9.59 Å². The molecule has 1 unspecified atom stereocenters. The highest BCUT2D eigenvalue weighted by Crippen LogP contribution is 2.28. The van der Waals surface area contributed by atoms with Crippen LogP contribution in [0.2, 0.25) is 0 Å². The van der Waals surface area contributed by atoms with Crippen LogP contribution in [-0.4, -0.2) is 68.1 Å². The molecule has 0 radical (unpaired) electrons. The van der Waals surface area contributed by atoms with Crippen molar-refractivity contribution in [1.29, 1.82) is 0 Å². The van der Waals surface area contributed by atoms with E-state index in [1.807, 2.05) is 30.3 Å². The summed E-state index contributed by atoms with van der Waals surface area (Å²) in [5.74, 6) is -0.103. The molecule has 1 aromatic rings. The number of amides is 2. The summed E-state index contributed by atoms with van der Waals surface area (Å²) in [6, 6.07) is 9.64. The van der Waals surface area contributed by atoms with Gasteiger partial charge in [0.15, 0.2) is 0 Å². The fourth-order valence-corrected chi connectivity index (χ4v) is 3.04. The van der Waals surface area contributed by atoms with E-state index in [1.165, 1.54) is 7.11 Å². The zero-order valence-electron chi connectivity index (χ0n) is 14.0. The molecule has 0 aromatic heterocycles. The van der Waals surface area contributed by atoms with Gasteiger partial charge in [0.1, 0.15) is 12.1 Å². The van der Waals surface area contributed by atoms with Crippen LogP contribution in [0.25, 0.3) is 0 Å². The van der Waals surface area contributed by atoms with E-state index in [4.69, 9.17) is 4.74 Å². The lowest BCUT2D eigenvalue weighted by Crippen LogP contribution is -2.62. The highest BCUT2D eigenvalue weighted by molar-refractivity contribution is 5.90. The van der Waals surface area contributed by atoms with Gasteiger partial charge in [-0.3, -0.25) is 9.59 Å². The van der Waals surface area contributed by atoms with E-state index in [2.05, 4.69) is 5.32 Å². The average Bonchev–Trinajstić information content (AvgIpc) is 2.55. The van der Waals surface area contributed by atoms with Crippen LogP contribution >= 0.6 is 0 Å². The monoisotopic (exact) mass is 319 g/mol. The molecule has 1 fully saturated rings. The van der Waals surface area contributed by atoms with Gasteiger partial charge in [-0.15, -0.1) is 0 Å². The summed E-state index contributed by atoms with van der Waals surface area (Å²) < 4.78 is 4.94. The minimum atomic E-state index is -0.799. The Bertz CT molecular complexity index is 547. The number of nitrogens with one attached hydrogen (secondary N) is 1. The number of carbonyl (C=O) groups excluding carboxylic acids is 2. The van der Waals surface area contributed by atoms with Crippen molar-refractivity contribution in [3.8, 4) is 0 Å². The maximum Gasteiger partial charge on any atom is 0.249 e. The summed E-state index contributed by atoms with van der Waals surface area (Å²) in [5.41, 5.74) is 0.0794. The number of methoxy groups -OCH3 is 1. The van der Waals surface area contributed by atoms with Gasteiger partial charge in [-0.05, 0) is 25.0 Å². The quantitative estimate of drug-likeness (QED) is 0.886. The van der Waals surface area contributed by atoms with Crippen LogP contribution in [0.1, 0.15) is 12.8 Å². The Morgan fingerprint density at radius 2 is 2.00 bits per heavy atom. The number of para-hydroxylation sites is 1. The van der Waals surface area contributed by atoms with E-state index >= 15 is 0 Å². The molecule has 0 aliphatic carbocycles. The molecule has 0 spiro atoms. The van der Waals surface area contributed by atoms with Crippen LogP contribution in [-0.2, 0) is 14.3 Å². The highest BCUT2D eigenvalue weighted by Gasteiger charge is 2.44. The third-order valence-corrected chi connectivity index (χ3v) is 4.09. The van der Waals surface area contributed by atoms with Gasteiger partial charge in [0.2, 0.25) is 11.8 Å². The molecular formula is C17H25N3O3. The lowest BCUT2D eigenvalue weighted by Gasteiger charge is -2.43. The molecule has 6 nitrogen and oxygen atoms in total. The molecule has 0 saturated carbocycles. The average molecular weight is 319 g/mol. The first-order chi connectivity index (χ1) is 11.0. The molecule has 1 saturated heterocycles. The number of hydrogen-bond acceptors (Lipinski definition) is 4. The van der Waals surface area contributed by atoms with E-state index in [0.717, 1.165) is 12.1 Å². The van der Waals surface area contributed by atoms with Crippen LogP contribution in [0, 0.1) is 0 Å². The second-order valence-electron chi connectivity index (χ2n) is 6.12. The van der Waals surface area contributed by atoms with Gasteiger partial charge < -0.3 is 19.9 Å². The smallest absolute Gasteiger partial charge is 0.249 e. The van der Waals surface area contributed by atoms with E-state index in [-0.39, 0.29) is 18.4 Å². The molecule has 1 aliphatic rings. The number of benzene rings is 1. The van der Waals surface area contributed by atoms with E-state index in [0.29, 0.717) is 19.5 Å². The van der Waals surface area contributed by atoms with Crippen LogP contribution < -0.4 is 5.32 Å². The van der Waals surface area contributed by atoms with Crippen LogP contribution in [0.15, 0.2) is 30.3 Å². The molecule has 2 amide bonds. The molecule has 126 valence electrons. The van der Waals surface area contributed by atoms with Gasteiger partial charge in [0.05, 0.1) is 6.54 Å². The van der Waals surface area contributed by atoms with Gasteiger partial charge >= 0.3 is 0 Å². The summed E-state index contributed by atoms with van der Waals surface area (Å²) in [4.78, 5) is 28.3. The molecule has 1 aliphatic heterocycles. The number of likely N-dealkylation sites (N-methyl/N-ethyl adjacent to an activating group) is 1. The van der Waals surface area contributed by atoms with E-state index in [1.54, 1.807) is 23.9 Å². The third kappa shape index (κ3) is 4.01. The summed E-state index contributed by atoms with van der Waals surface area (Å²) in [5, 5.41) is 3.38. The van der Waals surface area contributed by atoms with Crippen molar-refractivity contribution in [2.75, 3.05) is 46.2 Å². The maximum absolute atomic E-state index is 12.8. The van der Waals surface area contributed by atoms with Crippen molar-refractivity contribution < 1.29 is 14.3 Å². The predicted molar refractivity (Wildman–Crippen MR) is 89.2 cm³/mol. The summed E-state index contributed by atoms with van der Waals surface area (Å²) in [6.07, 6.45) is 1.46. The highest BCUT2D eigenvalue weighted by atomic mass is 16.5. The lowest BCUT2D eigenvalue weighted by molar-refractivity contribution is -0.142. The number of rotatable bonds is 5. The molecule has 1 N–H and O–H groups in total. The lowest BCUT2D eigenvalue weighted by atomic mass is 9.87. The number of anilines is 1. The summed E-state index contributed by atoms with van der Waals surface area (Å²) in [7, 11) is 4.99. The van der Waals surface area contributed by atoms with Gasteiger partial charge in [-0.2, -0.15) is 0 Å². The first kappa shape index (κ1) is 17.3. The van der Waals surface area contributed by atoms with Gasteiger partial charge in [-0.1, -0.05) is 18.2 Å². The topological polar surface area (TPSA) is 61.9 Å². The minimum Gasteiger partial charge on any atom is -0.375 e. The Labute approximate surface area is 137 Å². The number of nitrogens with zero attached hydrogens (tertiary/aromatic N) is 2. The van der Waals surface area contributed by atoms with Crippen molar-refractivity contribution in [2.24, 2.45) is 0 Å². The first-order valence-corrected chi connectivity index (χ1v) is 7.80. The second kappa shape index (κ2) is 7.46. The molecule has 0 bridgehead atoms. The Kier molecular flexibility index (Phi) is 5.60. The fraction of sp³-hybridized carbons (Fsp3) is 0.529. The molecule has 6 heteroatoms. The van der Waals surface area contributed by atoms with Gasteiger partial charge in [-0.25, -0.2) is 0 Å². The molecule has 1 heterocycles. The van der Waals surface area contributed by atoms with Crippen LogP contribution in [0.3, 0.4) is 0 Å². The van der Waals surface area contributed by atoms with Crippen molar-refractivity contribution in [1.82, 2.24) is 9.80 Å². The largest absolute Gasteiger partial charge is 0.375 e. The zero-order valence-corrected chi connectivity index (χ0v) is 14.0. The van der Waals surface area contributed by atoms with Crippen molar-refractivity contribution in [3.05, 3.63) is 30.3 Å². The number of ether oxygens (including phenoxy) is 1. The standard InChI is InChI=1S/C17H25N3O3/c1-19(2)16(22)17(18-14-8-5-4-6-9-14)10-7-11-20(13-17)15(21)12-23-3/h4-6,8-9,18H,7,10-13H2,1-3H3. The second-order valence-corrected chi connectivity index (χ2v) is 6.12. The number of piperidine rings is 1. The fourth-order valence-electron chi connectivity index (χ4n) is 3.04. The zero-order chi connectivity index (χ0) is 16.9. The molecule has 1 aromatic carbocycles.